The zero-order chi connectivity index (χ0) is 87.4. The molecule has 616 valence electrons. The number of aromatic nitrogens is 8. The summed E-state index contributed by atoms with van der Waals surface area (Å²) in [5.74, 6) is 3.62. The van der Waals surface area contributed by atoms with Crippen LogP contribution in [0.2, 0.25) is 0 Å². The highest BCUT2D eigenvalue weighted by Crippen LogP contribution is 2.50. The van der Waals surface area contributed by atoms with Gasteiger partial charge in [0.15, 0.2) is 34.9 Å². The number of hydrogen-bond acceptors (Lipinski definition) is 10. The Morgan fingerprint density at radius 3 is 0.742 bits per heavy atom. The molecule has 0 aliphatic heterocycles. The van der Waals surface area contributed by atoms with Gasteiger partial charge in [0.25, 0.3) is 0 Å². The standard InChI is InChI=1S/C64H40N4O.C58H36N4O/c1-5-17-41(18-6-1)49-37-50(42-19-7-2-8-20-42)39-51(38-49)64-67-62(47-23-11-4-12-24-47)66-63(68-64)48-35-31-44(32-36-48)43-29-33-45(34-30-43)58-59-52-25-13-15-27-55(52)65-61(46-21-9-3-10-22-46)54(59)40-57-60(58)53-26-14-16-28-56(53)69-57;1-5-18-37(19-6-1)43-33-44(38-20-7-2-8-21-38)35-45(34-43)58-61-56(40-24-11-4-12-25-40)60-57(62-58)42-27-17-26-41(32-42)52-53-46-28-13-15-30-49(46)59-55(39-22-9-3-10-23-39)48(53)36-51-54(52)47-29-14-16-31-50(47)63-51/h1-40H;1-36H. The van der Waals surface area contributed by atoms with Gasteiger partial charge in [0.05, 0.1) is 22.4 Å². The largest absolute Gasteiger partial charge is 0.456 e. The smallest absolute Gasteiger partial charge is 0.164 e. The second kappa shape index (κ2) is 33.5. The minimum atomic E-state index is 0.581. The summed E-state index contributed by atoms with van der Waals surface area (Å²) in [4.78, 5) is 41.7. The molecule has 0 unspecified atom stereocenters. The minimum Gasteiger partial charge on any atom is -0.456 e. The van der Waals surface area contributed by atoms with E-state index in [1.165, 1.54) is 0 Å². The third-order valence-corrected chi connectivity index (χ3v) is 25.0. The molecule has 10 nitrogen and oxygen atoms in total. The number of fused-ring (bicyclic) bond motifs is 12. The van der Waals surface area contributed by atoms with Gasteiger partial charge in [0.1, 0.15) is 22.3 Å². The van der Waals surface area contributed by atoms with Crippen molar-refractivity contribution in [3.05, 3.63) is 461 Å². The minimum absolute atomic E-state index is 0.581. The average molecular weight is 1690 g/mol. The molecule has 0 bridgehead atoms. The lowest BCUT2D eigenvalue weighted by atomic mass is 9.89. The van der Waals surface area contributed by atoms with E-state index in [9.17, 15) is 0 Å². The molecule has 0 aliphatic rings. The third kappa shape index (κ3) is 14.6. The Bertz CT molecular complexity index is 8590. The van der Waals surface area contributed by atoms with Crippen LogP contribution in [0.4, 0.5) is 0 Å². The molecule has 10 heteroatoms. The van der Waals surface area contributed by atoms with Crippen LogP contribution in [0.15, 0.2) is 470 Å². The summed E-state index contributed by atoms with van der Waals surface area (Å²) in [5.41, 5.74) is 30.0. The van der Waals surface area contributed by atoms with Gasteiger partial charge in [-0.15, -0.1) is 0 Å². The third-order valence-electron chi connectivity index (χ3n) is 25.0. The highest BCUT2D eigenvalue weighted by Gasteiger charge is 2.27. The monoisotopic (exact) mass is 1680 g/mol. The van der Waals surface area contributed by atoms with Gasteiger partial charge in [0.2, 0.25) is 0 Å². The predicted octanol–water partition coefficient (Wildman–Crippen LogP) is 31.9. The van der Waals surface area contributed by atoms with Gasteiger partial charge in [-0.3, -0.25) is 0 Å². The molecule has 0 fully saturated rings. The van der Waals surface area contributed by atoms with Crippen molar-refractivity contribution < 1.29 is 8.83 Å². The normalized spacial score (nSPS) is 11.5. The number of nitrogens with zero attached hydrogens (tertiary/aromatic N) is 8. The van der Waals surface area contributed by atoms with Gasteiger partial charge < -0.3 is 8.83 Å². The van der Waals surface area contributed by atoms with Crippen LogP contribution in [0, 0.1) is 0 Å². The maximum atomic E-state index is 6.69. The van der Waals surface area contributed by atoms with E-state index in [4.69, 9.17) is 48.7 Å². The van der Waals surface area contributed by atoms with Crippen LogP contribution in [0.25, 0.3) is 256 Å². The molecule has 25 aromatic rings. The average Bonchev–Trinajstić information content (AvgIpc) is 1.64. The predicted molar refractivity (Wildman–Crippen MR) is 541 cm³/mol. The Labute approximate surface area is 760 Å². The number of rotatable bonds is 15. The molecule has 6 aromatic heterocycles. The highest BCUT2D eigenvalue weighted by atomic mass is 16.3. The van der Waals surface area contributed by atoms with Crippen molar-refractivity contribution in [2.45, 2.75) is 0 Å². The molecule has 0 aliphatic carbocycles. The quantitative estimate of drug-likeness (QED) is 0.0915. The number of benzene rings is 19. The second-order valence-corrected chi connectivity index (χ2v) is 33.1. The molecule has 0 N–H and O–H groups in total. The molecule has 0 spiro atoms. The Morgan fingerprint density at radius 2 is 0.371 bits per heavy atom. The van der Waals surface area contributed by atoms with E-state index < -0.39 is 0 Å². The summed E-state index contributed by atoms with van der Waals surface area (Å²) in [6, 6.07) is 160. The van der Waals surface area contributed by atoms with Crippen molar-refractivity contribution >= 4 is 87.2 Å². The van der Waals surface area contributed by atoms with Crippen LogP contribution >= 0.6 is 0 Å². The van der Waals surface area contributed by atoms with Crippen molar-refractivity contribution in [2.24, 2.45) is 0 Å². The molecule has 0 amide bonds. The molecule has 0 atom stereocenters. The summed E-state index contributed by atoms with van der Waals surface area (Å²) in [6.45, 7) is 0. The van der Waals surface area contributed by atoms with Crippen molar-refractivity contribution in [1.82, 2.24) is 39.9 Å². The lowest BCUT2D eigenvalue weighted by Gasteiger charge is -2.16. The fourth-order valence-corrected chi connectivity index (χ4v) is 18.7. The van der Waals surface area contributed by atoms with Crippen LogP contribution in [-0.2, 0) is 0 Å². The van der Waals surface area contributed by atoms with E-state index in [-0.39, 0.29) is 0 Å². The van der Waals surface area contributed by atoms with Crippen LogP contribution in [-0.4, -0.2) is 39.9 Å². The molecule has 0 radical (unpaired) electrons. The van der Waals surface area contributed by atoms with E-state index in [2.05, 4.69) is 358 Å². The van der Waals surface area contributed by atoms with Gasteiger partial charge in [-0.2, -0.15) is 0 Å². The van der Waals surface area contributed by atoms with Gasteiger partial charge in [-0.25, -0.2) is 39.9 Å². The van der Waals surface area contributed by atoms with Gasteiger partial charge in [-0.1, -0.05) is 382 Å². The fraction of sp³-hybridized carbons (Fsp3) is 0. The first kappa shape index (κ1) is 77.7. The van der Waals surface area contributed by atoms with Crippen molar-refractivity contribution in [1.29, 1.82) is 0 Å². The number of para-hydroxylation sites is 4. The maximum Gasteiger partial charge on any atom is 0.164 e. The zero-order valence-corrected chi connectivity index (χ0v) is 71.3. The molecular weight excluding hydrogens is 1610 g/mol. The highest BCUT2D eigenvalue weighted by molar-refractivity contribution is 6.30. The topological polar surface area (TPSA) is 129 Å². The lowest BCUT2D eigenvalue weighted by molar-refractivity contribution is 0.669. The first-order valence-corrected chi connectivity index (χ1v) is 44.3. The molecule has 132 heavy (non-hydrogen) atoms. The van der Waals surface area contributed by atoms with E-state index in [1.54, 1.807) is 0 Å². The Balaban J connectivity index is 0.000000146. The first-order chi connectivity index (χ1) is 65.4. The summed E-state index contributed by atoms with van der Waals surface area (Å²) in [7, 11) is 0. The van der Waals surface area contributed by atoms with E-state index in [0.717, 1.165) is 221 Å². The van der Waals surface area contributed by atoms with Gasteiger partial charge in [-0.05, 0) is 146 Å². The Hall–Kier alpha value is -17.9. The molecule has 6 heterocycles. The SMILES string of the molecule is c1ccc(-c2cc(-c3ccccc3)cc(-c3nc(-c4ccccc4)nc(-c4ccc(-c5ccc(-c6c7c(cc8c(-c9ccccc9)nc9ccccc9c68)oc6ccccc67)cc5)cc4)n3)c2)cc1.c1ccc(-c2cc(-c3ccccc3)cc(-c3nc(-c4ccccc4)nc(-c4cccc(-c5c6c(cc7c(-c8ccccc8)nc8ccccc8c57)oc5ccccc56)c4)n3)c2)cc1. The number of pyridine rings is 2. The fourth-order valence-electron chi connectivity index (χ4n) is 18.7. The van der Waals surface area contributed by atoms with E-state index >= 15 is 0 Å². The zero-order valence-electron chi connectivity index (χ0n) is 71.3. The molecule has 25 rings (SSSR count). The molecular formula is C122H76N8O2. The summed E-state index contributed by atoms with van der Waals surface area (Å²) in [5, 5.41) is 10.8. The van der Waals surface area contributed by atoms with Crippen LogP contribution in [0.3, 0.4) is 0 Å². The second-order valence-electron chi connectivity index (χ2n) is 33.1. The van der Waals surface area contributed by atoms with Gasteiger partial charge >= 0.3 is 0 Å². The lowest BCUT2D eigenvalue weighted by Crippen LogP contribution is -2.01. The van der Waals surface area contributed by atoms with E-state index in [0.29, 0.717) is 34.9 Å². The van der Waals surface area contributed by atoms with Crippen LogP contribution < -0.4 is 0 Å². The summed E-state index contributed by atoms with van der Waals surface area (Å²) >= 11 is 0. The summed E-state index contributed by atoms with van der Waals surface area (Å²) in [6.07, 6.45) is 0. The van der Waals surface area contributed by atoms with Crippen molar-refractivity contribution in [3.8, 4) is 169 Å². The molecule has 0 saturated heterocycles. The van der Waals surface area contributed by atoms with Crippen LogP contribution in [0.5, 0.6) is 0 Å². The Kier molecular flexibility index (Phi) is 19.7. The first-order valence-electron chi connectivity index (χ1n) is 44.3. The Morgan fingerprint density at radius 1 is 0.129 bits per heavy atom. The number of hydrogen-bond donors (Lipinski definition) is 0. The van der Waals surface area contributed by atoms with Gasteiger partial charge in [0, 0.05) is 109 Å². The maximum absolute atomic E-state index is 6.69. The van der Waals surface area contributed by atoms with Crippen LogP contribution in [0.1, 0.15) is 0 Å². The van der Waals surface area contributed by atoms with Crippen molar-refractivity contribution in [3.63, 3.8) is 0 Å². The summed E-state index contributed by atoms with van der Waals surface area (Å²) < 4.78 is 13.3. The van der Waals surface area contributed by atoms with E-state index in [1.807, 2.05) is 103 Å². The van der Waals surface area contributed by atoms with Crippen molar-refractivity contribution in [2.75, 3.05) is 0 Å². The molecule has 0 saturated carbocycles. The number of furan rings is 2. The molecule has 19 aromatic carbocycles.